The van der Waals surface area contributed by atoms with Crippen LogP contribution in [0.15, 0.2) is 58.7 Å². The van der Waals surface area contributed by atoms with E-state index < -0.39 is 6.03 Å². The number of benzene rings is 2. The topological polar surface area (TPSA) is 65.8 Å². The predicted octanol–water partition coefficient (Wildman–Crippen LogP) is 2.63. The van der Waals surface area contributed by atoms with Gasteiger partial charge in [0.25, 0.3) is 0 Å². The molecule has 0 aliphatic rings. The van der Waals surface area contributed by atoms with Crippen LogP contribution in [0.4, 0.5) is 13.6 Å². The minimum Gasteiger partial charge on any atom is -0.245 e. The molecule has 0 bridgehead atoms. The number of nitrogens with zero attached hydrogens (tertiary/aromatic N) is 2. The average molecular weight is 302 g/mol. The molecule has 0 spiro atoms. The first kappa shape index (κ1) is 15.3. The van der Waals surface area contributed by atoms with Crippen LogP contribution in [-0.4, -0.2) is 18.5 Å². The largest absolute Gasteiger partial charge is 0.355 e. The highest BCUT2D eigenvalue weighted by Crippen LogP contribution is 2.00. The number of urea groups is 1. The lowest BCUT2D eigenvalue weighted by Crippen LogP contribution is -2.28. The van der Waals surface area contributed by atoms with Crippen molar-refractivity contribution in [1.82, 2.24) is 10.9 Å². The highest BCUT2D eigenvalue weighted by molar-refractivity contribution is 5.83. The summed E-state index contributed by atoms with van der Waals surface area (Å²) in [5.41, 5.74) is 5.66. The number of rotatable bonds is 4. The molecular weight excluding hydrogens is 290 g/mol. The van der Waals surface area contributed by atoms with E-state index in [-0.39, 0.29) is 11.6 Å². The molecule has 0 saturated carbocycles. The van der Waals surface area contributed by atoms with Gasteiger partial charge in [0.15, 0.2) is 0 Å². The van der Waals surface area contributed by atoms with Crippen molar-refractivity contribution < 1.29 is 13.6 Å². The highest BCUT2D eigenvalue weighted by Gasteiger charge is 1.95. The molecule has 0 unspecified atom stereocenters. The third-order valence-corrected chi connectivity index (χ3v) is 2.50. The molecule has 112 valence electrons. The molecule has 0 atom stereocenters. The molecular formula is C15H12F2N4O. The number of hydrogen-bond acceptors (Lipinski definition) is 3. The second-order valence-corrected chi connectivity index (χ2v) is 4.17. The van der Waals surface area contributed by atoms with Crippen molar-refractivity contribution in [2.24, 2.45) is 10.2 Å². The number of nitrogens with one attached hydrogen (secondary N) is 2. The van der Waals surface area contributed by atoms with Gasteiger partial charge in [0.05, 0.1) is 12.4 Å². The first-order valence-electron chi connectivity index (χ1n) is 6.27. The van der Waals surface area contributed by atoms with Crippen LogP contribution < -0.4 is 10.9 Å². The Balaban J connectivity index is 1.78. The molecule has 22 heavy (non-hydrogen) atoms. The van der Waals surface area contributed by atoms with Crippen LogP contribution in [0.2, 0.25) is 0 Å². The van der Waals surface area contributed by atoms with E-state index in [2.05, 4.69) is 21.1 Å². The molecule has 2 aromatic rings. The smallest absolute Gasteiger partial charge is 0.245 e. The summed E-state index contributed by atoms with van der Waals surface area (Å²) in [6, 6.07) is 10.6. The number of amides is 2. The van der Waals surface area contributed by atoms with Gasteiger partial charge in [-0.15, -0.1) is 0 Å². The number of halogens is 2. The first-order valence-corrected chi connectivity index (χ1v) is 6.27. The first-order chi connectivity index (χ1) is 10.6. The summed E-state index contributed by atoms with van der Waals surface area (Å²) >= 11 is 0. The minimum absolute atomic E-state index is 0.349. The Hall–Kier alpha value is -3.09. The van der Waals surface area contributed by atoms with Gasteiger partial charge >= 0.3 is 6.03 Å². The van der Waals surface area contributed by atoms with E-state index in [1.807, 2.05) is 0 Å². The fourth-order valence-corrected chi connectivity index (χ4v) is 1.45. The van der Waals surface area contributed by atoms with Crippen molar-refractivity contribution in [1.29, 1.82) is 0 Å². The van der Waals surface area contributed by atoms with Gasteiger partial charge in [0.1, 0.15) is 11.6 Å². The fraction of sp³-hybridized carbons (Fsp3) is 0. The lowest BCUT2D eigenvalue weighted by atomic mass is 10.2. The summed E-state index contributed by atoms with van der Waals surface area (Å²) in [5, 5.41) is 7.35. The Morgan fingerprint density at radius 1 is 0.773 bits per heavy atom. The monoisotopic (exact) mass is 302 g/mol. The van der Waals surface area contributed by atoms with E-state index >= 15 is 0 Å². The van der Waals surface area contributed by atoms with E-state index in [0.29, 0.717) is 11.1 Å². The second kappa shape index (κ2) is 7.63. The second-order valence-electron chi connectivity index (χ2n) is 4.17. The summed E-state index contributed by atoms with van der Waals surface area (Å²) < 4.78 is 25.4. The van der Waals surface area contributed by atoms with Crippen molar-refractivity contribution in [3.05, 3.63) is 71.3 Å². The molecule has 0 aliphatic carbocycles. The molecule has 2 N–H and O–H groups in total. The van der Waals surface area contributed by atoms with Crippen LogP contribution in [-0.2, 0) is 0 Å². The van der Waals surface area contributed by atoms with E-state index in [1.165, 1.54) is 61.0 Å². The fourth-order valence-electron chi connectivity index (χ4n) is 1.45. The van der Waals surface area contributed by atoms with Crippen LogP contribution >= 0.6 is 0 Å². The molecule has 0 aromatic heterocycles. The van der Waals surface area contributed by atoms with Crippen molar-refractivity contribution in [2.75, 3.05) is 0 Å². The van der Waals surface area contributed by atoms with Crippen molar-refractivity contribution in [2.45, 2.75) is 0 Å². The van der Waals surface area contributed by atoms with Gasteiger partial charge in [-0.1, -0.05) is 24.3 Å². The van der Waals surface area contributed by atoms with E-state index in [4.69, 9.17) is 0 Å². The van der Waals surface area contributed by atoms with Gasteiger partial charge < -0.3 is 0 Å². The zero-order chi connectivity index (χ0) is 15.8. The van der Waals surface area contributed by atoms with Crippen LogP contribution in [0, 0.1) is 11.6 Å². The summed E-state index contributed by atoms with van der Waals surface area (Å²) in [5.74, 6) is -0.698. The highest BCUT2D eigenvalue weighted by atomic mass is 19.1. The zero-order valence-corrected chi connectivity index (χ0v) is 11.3. The molecule has 2 amide bonds. The lowest BCUT2D eigenvalue weighted by molar-refractivity contribution is 0.242. The molecule has 2 rings (SSSR count). The van der Waals surface area contributed by atoms with E-state index in [1.54, 1.807) is 0 Å². The Labute approximate surface area is 125 Å². The van der Waals surface area contributed by atoms with E-state index in [0.717, 1.165) is 0 Å². The van der Waals surface area contributed by atoms with Crippen LogP contribution in [0.25, 0.3) is 0 Å². The molecule has 5 nitrogen and oxygen atoms in total. The third kappa shape index (κ3) is 5.12. The van der Waals surface area contributed by atoms with Gasteiger partial charge in [-0.3, -0.25) is 0 Å². The standard InChI is InChI=1S/C15H12F2N4O/c16-13-5-1-11(2-6-13)9-18-20-15(22)21-19-10-12-3-7-14(17)8-4-12/h1-10H,(H2,20,21,22)/b18-9-,19-10?. The SMILES string of the molecule is O=C(NN=Cc1ccc(F)cc1)N/N=C\c1ccc(F)cc1. The molecule has 0 radical (unpaired) electrons. The summed E-state index contributed by atoms with van der Waals surface area (Å²) in [6.45, 7) is 0. The summed E-state index contributed by atoms with van der Waals surface area (Å²) in [6.07, 6.45) is 2.73. The minimum atomic E-state index is -0.642. The van der Waals surface area contributed by atoms with Crippen LogP contribution in [0.1, 0.15) is 11.1 Å². The van der Waals surface area contributed by atoms with Crippen molar-refractivity contribution in [3.8, 4) is 0 Å². The summed E-state index contributed by atoms with van der Waals surface area (Å²) in [4.78, 5) is 11.4. The number of carbonyl (C=O) groups excluding carboxylic acids is 1. The van der Waals surface area contributed by atoms with Crippen molar-refractivity contribution in [3.63, 3.8) is 0 Å². The van der Waals surface area contributed by atoms with Crippen molar-refractivity contribution >= 4 is 18.5 Å². The van der Waals surface area contributed by atoms with Gasteiger partial charge in [0, 0.05) is 0 Å². The van der Waals surface area contributed by atoms with E-state index in [9.17, 15) is 13.6 Å². The quantitative estimate of drug-likeness (QED) is 0.662. The Kier molecular flexibility index (Phi) is 5.31. The summed E-state index contributed by atoms with van der Waals surface area (Å²) in [7, 11) is 0. The molecule has 0 saturated heterocycles. The molecule has 2 aromatic carbocycles. The maximum absolute atomic E-state index is 12.7. The number of hydrazone groups is 2. The van der Waals surface area contributed by atoms with Gasteiger partial charge in [-0.2, -0.15) is 10.2 Å². The van der Waals surface area contributed by atoms with Gasteiger partial charge in [-0.25, -0.2) is 24.4 Å². The predicted molar refractivity (Wildman–Crippen MR) is 79.7 cm³/mol. The third-order valence-electron chi connectivity index (χ3n) is 2.50. The van der Waals surface area contributed by atoms with Gasteiger partial charge in [-0.05, 0) is 35.4 Å². The Morgan fingerprint density at radius 3 is 1.50 bits per heavy atom. The maximum atomic E-state index is 12.7. The normalized spacial score (nSPS) is 11.0. The van der Waals surface area contributed by atoms with Gasteiger partial charge in [0.2, 0.25) is 0 Å². The Bertz CT molecular complexity index is 622. The molecule has 0 fully saturated rings. The number of hydrogen-bond donors (Lipinski definition) is 2. The average Bonchev–Trinajstić information content (AvgIpc) is 2.51. The Morgan fingerprint density at radius 2 is 1.14 bits per heavy atom. The van der Waals surface area contributed by atoms with Crippen LogP contribution in [0.5, 0.6) is 0 Å². The zero-order valence-electron chi connectivity index (χ0n) is 11.3. The molecule has 7 heteroatoms. The maximum Gasteiger partial charge on any atom is 0.355 e. The van der Waals surface area contributed by atoms with Crippen LogP contribution in [0.3, 0.4) is 0 Å². The molecule has 0 heterocycles. The lowest BCUT2D eigenvalue weighted by Gasteiger charge is -1.98. The molecule has 0 aliphatic heterocycles. The number of carbonyl (C=O) groups is 1.